The molecule has 6 heteroatoms. The van der Waals surface area contributed by atoms with Crippen LogP contribution in [-0.4, -0.2) is 29.3 Å². The number of nitrogens with zero attached hydrogens (tertiary/aromatic N) is 2. The Bertz CT molecular complexity index is 794. The van der Waals surface area contributed by atoms with Crippen LogP contribution in [0.2, 0.25) is 5.02 Å². The molecule has 1 aromatic carbocycles. The van der Waals surface area contributed by atoms with Crippen LogP contribution in [0.4, 0.5) is 0 Å². The van der Waals surface area contributed by atoms with Crippen molar-refractivity contribution in [2.45, 2.75) is 6.54 Å². The minimum Gasteiger partial charge on any atom is -0.383 e. The van der Waals surface area contributed by atoms with Crippen molar-refractivity contribution in [1.29, 1.82) is 0 Å². The minimum atomic E-state index is -0.106. The molecule has 0 fully saturated rings. The maximum absolute atomic E-state index is 12.8. The number of fused-ring (bicyclic) bond motifs is 1. The van der Waals surface area contributed by atoms with Gasteiger partial charge in [0, 0.05) is 28.1 Å². The lowest BCUT2D eigenvalue weighted by molar-refractivity contribution is 0.102. The summed E-state index contributed by atoms with van der Waals surface area (Å²) in [7, 11) is 1.61. The number of carbonyl (C=O) groups excluding carboxylic acids is 1. The maximum atomic E-state index is 12.8. The molecule has 2 heterocycles. The Labute approximate surface area is 130 Å². The fourth-order valence-corrected chi connectivity index (χ4v) is 3.38. The number of ether oxygens (including phenoxy) is 1. The van der Waals surface area contributed by atoms with Gasteiger partial charge in [-0.1, -0.05) is 29.8 Å². The highest BCUT2D eigenvalue weighted by Gasteiger charge is 2.21. The van der Waals surface area contributed by atoms with E-state index in [9.17, 15) is 4.79 Å². The largest absolute Gasteiger partial charge is 0.383 e. The van der Waals surface area contributed by atoms with E-state index in [1.165, 1.54) is 6.20 Å². The third-order valence-corrected chi connectivity index (χ3v) is 4.48. The van der Waals surface area contributed by atoms with Gasteiger partial charge in [-0.2, -0.15) is 5.10 Å². The SMILES string of the molecule is COCCn1ncc(Cl)c1C(=O)c1csc2ccccc12. The smallest absolute Gasteiger partial charge is 0.214 e. The topological polar surface area (TPSA) is 44.1 Å². The van der Waals surface area contributed by atoms with Crippen LogP contribution in [0.5, 0.6) is 0 Å². The van der Waals surface area contributed by atoms with E-state index < -0.39 is 0 Å². The fourth-order valence-electron chi connectivity index (χ4n) is 2.22. The molecule has 0 amide bonds. The monoisotopic (exact) mass is 320 g/mol. The zero-order chi connectivity index (χ0) is 14.8. The number of methoxy groups -OCH3 is 1. The lowest BCUT2D eigenvalue weighted by atomic mass is 10.1. The van der Waals surface area contributed by atoms with Gasteiger partial charge in [0.05, 0.1) is 24.4 Å². The van der Waals surface area contributed by atoms with Crippen molar-refractivity contribution in [3.8, 4) is 0 Å². The third kappa shape index (κ3) is 2.60. The maximum Gasteiger partial charge on any atom is 0.214 e. The highest BCUT2D eigenvalue weighted by Crippen LogP contribution is 2.29. The predicted molar refractivity (Wildman–Crippen MR) is 84.4 cm³/mol. The Morgan fingerprint density at radius 3 is 3.05 bits per heavy atom. The number of carbonyl (C=O) groups is 1. The molecule has 0 spiro atoms. The summed E-state index contributed by atoms with van der Waals surface area (Å²) in [6.07, 6.45) is 1.50. The Balaban J connectivity index is 2.04. The van der Waals surface area contributed by atoms with Crippen molar-refractivity contribution < 1.29 is 9.53 Å². The molecule has 0 bridgehead atoms. The lowest BCUT2D eigenvalue weighted by Gasteiger charge is -2.06. The van der Waals surface area contributed by atoms with Crippen LogP contribution in [0.3, 0.4) is 0 Å². The number of hydrogen-bond donors (Lipinski definition) is 0. The summed E-state index contributed by atoms with van der Waals surface area (Å²) in [6, 6.07) is 7.84. The summed E-state index contributed by atoms with van der Waals surface area (Å²) < 4.78 is 7.72. The van der Waals surface area contributed by atoms with Crippen molar-refractivity contribution >= 4 is 38.8 Å². The van der Waals surface area contributed by atoms with E-state index in [4.69, 9.17) is 16.3 Å². The van der Waals surface area contributed by atoms with Crippen LogP contribution in [0.1, 0.15) is 16.1 Å². The molecule has 0 aliphatic heterocycles. The average molecular weight is 321 g/mol. The minimum absolute atomic E-state index is 0.106. The zero-order valence-electron chi connectivity index (χ0n) is 11.4. The molecule has 2 aromatic heterocycles. The van der Waals surface area contributed by atoms with Gasteiger partial charge in [-0.25, -0.2) is 0 Å². The standard InChI is InChI=1S/C15H13ClN2O2S/c1-20-7-6-18-14(12(16)8-17-18)15(19)11-9-21-13-5-3-2-4-10(11)13/h2-5,8-9H,6-7H2,1H3. The van der Waals surface area contributed by atoms with E-state index in [2.05, 4.69) is 5.10 Å². The molecular formula is C15H13ClN2O2S. The Hall–Kier alpha value is -1.69. The van der Waals surface area contributed by atoms with Crippen molar-refractivity contribution in [2.75, 3.05) is 13.7 Å². The second-order valence-corrected chi connectivity index (χ2v) is 5.85. The van der Waals surface area contributed by atoms with E-state index in [1.807, 2.05) is 29.6 Å². The molecule has 0 radical (unpaired) electrons. The number of aromatic nitrogens is 2. The fraction of sp³-hybridized carbons (Fsp3) is 0.200. The molecule has 0 atom stereocenters. The molecule has 4 nitrogen and oxygen atoms in total. The second-order valence-electron chi connectivity index (χ2n) is 4.53. The van der Waals surface area contributed by atoms with E-state index in [0.29, 0.717) is 29.4 Å². The van der Waals surface area contributed by atoms with Crippen LogP contribution >= 0.6 is 22.9 Å². The molecule has 3 aromatic rings. The Morgan fingerprint density at radius 2 is 2.24 bits per heavy atom. The Kier molecular flexibility index (Phi) is 4.05. The quantitative estimate of drug-likeness (QED) is 0.674. The number of thiophene rings is 1. The highest BCUT2D eigenvalue weighted by atomic mass is 35.5. The average Bonchev–Trinajstić information content (AvgIpc) is 3.08. The first-order chi connectivity index (χ1) is 10.2. The molecule has 0 saturated heterocycles. The number of halogens is 1. The number of rotatable bonds is 5. The normalized spacial score (nSPS) is 11.1. The molecule has 0 unspecified atom stereocenters. The van der Waals surface area contributed by atoms with Crippen molar-refractivity contribution in [2.24, 2.45) is 0 Å². The number of benzene rings is 1. The van der Waals surface area contributed by atoms with Gasteiger partial charge in [0.2, 0.25) is 5.78 Å². The van der Waals surface area contributed by atoms with Gasteiger partial charge in [-0.3, -0.25) is 9.48 Å². The van der Waals surface area contributed by atoms with E-state index in [1.54, 1.807) is 23.1 Å². The first-order valence-electron chi connectivity index (χ1n) is 6.43. The van der Waals surface area contributed by atoms with Gasteiger partial charge in [0.1, 0.15) is 5.69 Å². The van der Waals surface area contributed by atoms with Crippen LogP contribution in [0.25, 0.3) is 10.1 Å². The van der Waals surface area contributed by atoms with E-state index in [-0.39, 0.29) is 5.78 Å². The van der Waals surface area contributed by atoms with Crippen molar-refractivity contribution in [1.82, 2.24) is 9.78 Å². The molecule has 0 aliphatic carbocycles. The van der Waals surface area contributed by atoms with Crippen LogP contribution in [0.15, 0.2) is 35.8 Å². The van der Waals surface area contributed by atoms with Crippen LogP contribution in [-0.2, 0) is 11.3 Å². The van der Waals surface area contributed by atoms with Gasteiger partial charge < -0.3 is 4.74 Å². The van der Waals surface area contributed by atoms with Crippen LogP contribution in [0, 0.1) is 0 Å². The molecule has 21 heavy (non-hydrogen) atoms. The molecular weight excluding hydrogens is 308 g/mol. The molecule has 3 rings (SSSR count). The molecule has 108 valence electrons. The predicted octanol–water partition coefficient (Wildman–Crippen LogP) is 3.63. The lowest BCUT2D eigenvalue weighted by Crippen LogP contribution is -2.14. The number of hydrogen-bond acceptors (Lipinski definition) is 4. The summed E-state index contributed by atoms with van der Waals surface area (Å²) in [6.45, 7) is 0.967. The van der Waals surface area contributed by atoms with Crippen molar-refractivity contribution in [3.63, 3.8) is 0 Å². The summed E-state index contributed by atoms with van der Waals surface area (Å²) in [5.74, 6) is -0.106. The first kappa shape index (κ1) is 14.3. The number of ketones is 1. The summed E-state index contributed by atoms with van der Waals surface area (Å²) >= 11 is 7.70. The molecule has 0 N–H and O–H groups in total. The van der Waals surface area contributed by atoms with E-state index in [0.717, 1.165) is 10.1 Å². The first-order valence-corrected chi connectivity index (χ1v) is 7.69. The van der Waals surface area contributed by atoms with Gasteiger partial charge in [0.25, 0.3) is 0 Å². The Morgan fingerprint density at radius 1 is 1.43 bits per heavy atom. The molecule has 0 aliphatic rings. The zero-order valence-corrected chi connectivity index (χ0v) is 12.9. The highest BCUT2D eigenvalue weighted by molar-refractivity contribution is 7.17. The van der Waals surface area contributed by atoms with Gasteiger partial charge in [-0.15, -0.1) is 11.3 Å². The van der Waals surface area contributed by atoms with Gasteiger partial charge in [-0.05, 0) is 6.07 Å². The molecule has 0 saturated carbocycles. The van der Waals surface area contributed by atoms with Gasteiger partial charge >= 0.3 is 0 Å². The van der Waals surface area contributed by atoms with E-state index >= 15 is 0 Å². The summed E-state index contributed by atoms with van der Waals surface area (Å²) in [5, 5.41) is 7.34. The van der Waals surface area contributed by atoms with Crippen molar-refractivity contribution in [3.05, 3.63) is 52.1 Å². The van der Waals surface area contributed by atoms with Gasteiger partial charge in [0.15, 0.2) is 0 Å². The third-order valence-electron chi connectivity index (χ3n) is 3.24. The second kappa shape index (κ2) is 5.97. The summed E-state index contributed by atoms with van der Waals surface area (Å²) in [4.78, 5) is 12.8. The van der Waals surface area contributed by atoms with Crippen LogP contribution < -0.4 is 0 Å². The summed E-state index contributed by atoms with van der Waals surface area (Å²) in [5.41, 5.74) is 1.08.